The highest BCUT2D eigenvalue weighted by Gasteiger charge is 2.14. The second-order valence-corrected chi connectivity index (χ2v) is 4.53. The van der Waals surface area contributed by atoms with Crippen LogP contribution in [0.3, 0.4) is 0 Å². The summed E-state index contributed by atoms with van der Waals surface area (Å²) in [7, 11) is 0. The predicted octanol–water partition coefficient (Wildman–Crippen LogP) is 0.424. The Morgan fingerprint density at radius 3 is 2.57 bits per heavy atom. The van der Waals surface area contributed by atoms with E-state index in [4.69, 9.17) is 0 Å². The molecule has 0 atom stereocenters. The first-order valence-electron chi connectivity index (χ1n) is 6.11. The lowest BCUT2D eigenvalue weighted by atomic mass is 10.2. The molecule has 14 heavy (non-hydrogen) atoms. The molecule has 1 heterocycles. The molecular weight excluding hydrogens is 174 g/mol. The van der Waals surface area contributed by atoms with E-state index in [1.807, 2.05) is 0 Å². The van der Waals surface area contributed by atoms with Crippen molar-refractivity contribution in [2.75, 3.05) is 39.3 Å². The van der Waals surface area contributed by atoms with Crippen molar-refractivity contribution in [1.82, 2.24) is 15.5 Å². The molecule has 0 aromatic heterocycles. The van der Waals surface area contributed by atoms with Crippen LogP contribution in [-0.4, -0.2) is 50.2 Å². The van der Waals surface area contributed by atoms with Gasteiger partial charge < -0.3 is 10.6 Å². The number of piperazine rings is 1. The topological polar surface area (TPSA) is 27.3 Å². The summed E-state index contributed by atoms with van der Waals surface area (Å²) in [4.78, 5) is 2.55. The molecule has 0 aromatic carbocycles. The lowest BCUT2D eigenvalue weighted by molar-refractivity contribution is 0.238. The van der Waals surface area contributed by atoms with E-state index in [-0.39, 0.29) is 0 Å². The SMILES string of the molecule is C1CCC(NCCN2CCNCC2)C1. The van der Waals surface area contributed by atoms with E-state index in [0.717, 1.165) is 6.04 Å². The molecule has 0 bridgehead atoms. The average molecular weight is 197 g/mol. The number of hydrogen-bond donors (Lipinski definition) is 2. The fourth-order valence-electron chi connectivity index (χ4n) is 2.49. The van der Waals surface area contributed by atoms with E-state index >= 15 is 0 Å². The molecule has 2 aliphatic rings. The Hall–Kier alpha value is -0.120. The maximum Gasteiger partial charge on any atom is 0.0108 e. The monoisotopic (exact) mass is 197 g/mol. The van der Waals surface area contributed by atoms with Gasteiger partial charge in [0, 0.05) is 45.3 Å². The first-order chi connectivity index (χ1) is 6.95. The van der Waals surface area contributed by atoms with Crippen molar-refractivity contribution in [2.24, 2.45) is 0 Å². The third kappa shape index (κ3) is 3.23. The van der Waals surface area contributed by atoms with Gasteiger partial charge in [-0.1, -0.05) is 12.8 Å². The molecule has 2 N–H and O–H groups in total. The Labute approximate surface area is 87.2 Å². The molecule has 1 saturated carbocycles. The van der Waals surface area contributed by atoms with Crippen LogP contribution in [0.15, 0.2) is 0 Å². The zero-order valence-electron chi connectivity index (χ0n) is 9.10. The molecule has 1 aliphatic heterocycles. The molecule has 3 nitrogen and oxygen atoms in total. The molecule has 2 rings (SSSR count). The van der Waals surface area contributed by atoms with Gasteiger partial charge in [-0.15, -0.1) is 0 Å². The first kappa shape index (κ1) is 10.4. The standard InChI is InChI=1S/C11H23N3/c1-2-4-11(3-1)13-7-10-14-8-5-12-6-9-14/h11-13H,1-10H2. The average Bonchev–Trinajstić information content (AvgIpc) is 2.72. The van der Waals surface area contributed by atoms with E-state index < -0.39 is 0 Å². The summed E-state index contributed by atoms with van der Waals surface area (Å²) in [6, 6.07) is 0.831. The highest BCUT2D eigenvalue weighted by Crippen LogP contribution is 2.17. The Balaban J connectivity index is 1.52. The van der Waals surface area contributed by atoms with Gasteiger partial charge in [-0.3, -0.25) is 4.90 Å². The fraction of sp³-hybridized carbons (Fsp3) is 1.00. The van der Waals surface area contributed by atoms with Gasteiger partial charge in [-0.05, 0) is 12.8 Å². The van der Waals surface area contributed by atoms with E-state index in [1.54, 1.807) is 0 Å². The van der Waals surface area contributed by atoms with Crippen molar-refractivity contribution >= 4 is 0 Å². The largest absolute Gasteiger partial charge is 0.314 e. The van der Waals surface area contributed by atoms with Crippen molar-refractivity contribution < 1.29 is 0 Å². The summed E-state index contributed by atoms with van der Waals surface area (Å²) in [5.74, 6) is 0. The molecule has 2 fully saturated rings. The molecular formula is C11H23N3. The minimum atomic E-state index is 0.831. The van der Waals surface area contributed by atoms with Crippen molar-refractivity contribution in [1.29, 1.82) is 0 Å². The number of nitrogens with zero attached hydrogens (tertiary/aromatic N) is 1. The van der Waals surface area contributed by atoms with Gasteiger partial charge >= 0.3 is 0 Å². The lowest BCUT2D eigenvalue weighted by Crippen LogP contribution is -2.46. The minimum absolute atomic E-state index is 0.831. The van der Waals surface area contributed by atoms with E-state index in [1.165, 1.54) is 65.0 Å². The zero-order valence-corrected chi connectivity index (χ0v) is 9.10. The molecule has 1 saturated heterocycles. The smallest absolute Gasteiger partial charge is 0.0108 e. The van der Waals surface area contributed by atoms with Gasteiger partial charge in [0.05, 0.1) is 0 Å². The van der Waals surface area contributed by atoms with Gasteiger partial charge in [-0.2, -0.15) is 0 Å². The molecule has 82 valence electrons. The maximum absolute atomic E-state index is 3.67. The van der Waals surface area contributed by atoms with Crippen LogP contribution in [0.2, 0.25) is 0 Å². The molecule has 0 radical (unpaired) electrons. The first-order valence-corrected chi connectivity index (χ1v) is 6.11. The van der Waals surface area contributed by atoms with Gasteiger partial charge in [0.15, 0.2) is 0 Å². The summed E-state index contributed by atoms with van der Waals surface area (Å²) < 4.78 is 0. The second kappa shape index (κ2) is 5.69. The van der Waals surface area contributed by atoms with E-state index in [9.17, 15) is 0 Å². The lowest BCUT2D eigenvalue weighted by Gasteiger charge is -2.27. The van der Waals surface area contributed by atoms with E-state index in [2.05, 4.69) is 15.5 Å². The zero-order chi connectivity index (χ0) is 9.64. The second-order valence-electron chi connectivity index (χ2n) is 4.53. The quantitative estimate of drug-likeness (QED) is 0.684. The third-order valence-electron chi connectivity index (χ3n) is 3.43. The van der Waals surface area contributed by atoms with Crippen LogP contribution < -0.4 is 10.6 Å². The van der Waals surface area contributed by atoms with Crippen molar-refractivity contribution in [2.45, 2.75) is 31.7 Å². The summed E-state index contributed by atoms with van der Waals surface area (Å²) in [6.45, 7) is 7.22. The molecule has 0 unspecified atom stereocenters. The highest BCUT2D eigenvalue weighted by atomic mass is 15.2. The number of hydrogen-bond acceptors (Lipinski definition) is 3. The molecule has 3 heteroatoms. The summed E-state index contributed by atoms with van der Waals surface area (Å²) >= 11 is 0. The molecule has 0 spiro atoms. The predicted molar refractivity (Wildman–Crippen MR) is 59.6 cm³/mol. The Bertz CT molecular complexity index is 149. The molecule has 0 aromatic rings. The summed E-state index contributed by atoms with van der Waals surface area (Å²) in [5, 5.41) is 7.05. The Morgan fingerprint density at radius 2 is 1.86 bits per heavy atom. The van der Waals surface area contributed by atoms with Crippen LogP contribution in [0.1, 0.15) is 25.7 Å². The van der Waals surface area contributed by atoms with Crippen LogP contribution >= 0.6 is 0 Å². The molecule has 1 aliphatic carbocycles. The van der Waals surface area contributed by atoms with Crippen LogP contribution in [-0.2, 0) is 0 Å². The maximum atomic E-state index is 3.67. The Kier molecular flexibility index (Phi) is 4.22. The van der Waals surface area contributed by atoms with Gasteiger partial charge in [0.25, 0.3) is 0 Å². The van der Waals surface area contributed by atoms with E-state index in [0.29, 0.717) is 0 Å². The van der Waals surface area contributed by atoms with Gasteiger partial charge in [0.1, 0.15) is 0 Å². The van der Waals surface area contributed by atoms with Crippen LogP contribution in [0, 0.1) is 0 Å². The van der Waals surface area contributed by atoms with Gasteiger partial charge in [0.2, 0.25) is 0 Å². The van der Waals surface area contributed by atoms with Crippen molar-refractivity contribution in [3.63, 3.8) is 0 Å². The normalized spacial score (nSPS) is 25.7. The molecule has 0 amide bonds. The van der Waals surface area contributed by atoms with Crippen LogP contribution in [0.4, 0.5) is 0 Å². The fourth-order valence-corrected chi connectivity index (χ4v) is 2.49. The summed E-state index contributed by atoms with van der Waals surface area (Å²) in [6.07, 6.45) is 5.68. The van der Waals surface area contributed by atoms with Crippen LogP contribution in [0.5, 0.6) is 0 Å². The third-order valence-corrected chi connectivity index (χ3v) is 3.43. The van der Waals surface area contributed by atoms with Crippen LogP contribution in [0.25, 0.3) is 0 Å². The number of rotatable bonds is 4. The Morgan fingerprint density at radius 1 is 1.14 bits per heavy atom. The van der Waals surface area contributed by atoms with Crippen molar-refractivity contribution in [3.05, 3.63) is 0 Å². The summed E-state index contributed by atoms with van der Waals surface area (Å²) in [5.41, 5.74) is 0. The minimum Gasteiger partial charge on any atom is -0.314 e. The van der Waals surface area contributed by atoms with Crippen molar-refractivity contribution in [3.8, 4) is 0 Å². The van der Waals surface area contributed by atoms with Gasteiger partial charge in [-0.25, -0.2) is 0 Å². The number of nitrogens with one attached hydrogen (secondary N) is 2. The highest BCUT2D eigenvalue weighted by molar-refractivity contribution is 4.75.